The summed E-state index contributed by atoms with van der Waals surface area (Å²) in [5.74, 6) is 0.0481. The van der Waals surface area contributed by atoms with Crippen molar-refractivity contribution in [2.45, 2.75) is 32.7 Å². The van der Waals surface area contributed by atoms with Crippen LogP contribution in [-0.2, 0) is 11.2 Å². The van der Waals surface area contributed by atoms with Crippen LogP contribution in [0.4, 0.5) is 0 Å². The molecule has 1 aromatic heterocycles. The van der Waals surface area contributed by atoms with Crippen LogP contribution in [0.3, 0.4) is 0 Å². The number of phenols is 1. The number of para-hydroxylation sites is 1. The maximum atomic E-state index is 12.1. The van der Waals surface area contributed by atoms with Crippen molar-refractivity contribution in [1.29, 1.82) is 0 Å². The van der Waals surface area contributed by atoms with Gasteiger partial charge in [-0.1, -0.05) is 25.1 Å². The lowest BCUT2D eigenvalue weighted by molar-refractivity contribution is -0.121. The number of carbonyl (C=O) groups excluding carboxylic acids is 1. The Balaban J connectivity index is 2.01. The lowest BCUT2D eigenvalue weighted by Gasteiger charge is -2.14. The lowest BCUT2D eigenvalue weighted by atomic mass is 10.1. The molecule has 2 aromatic rings. The number of benzene rings is 1. The minimum Gasteiger partial charge on any atom is -0.508 e. The standard InChI is InChI=1S/C15H18N2O2S/c1-3-12(15-16-9-10(2)20-15)17-14(19)8-11-6-4-5-7-13(11)18/h4-7,9,12,18H,3,8H2,1-2H3,(H,17,19). The molecule has 4 nitrogen and oxygen atoms in total. The van der Waals surface area contributed by atoms with Gasteiger partial charge in [0.15, 0.2) is 0 Å². The third-order valence-corrected chi connectivity index (χ3v) is 4.05. The van der Waals surface area contributed by atoms with E-state index in [0.29, 0.717) is 5.56 Å². The van der Waals surface area contributed by atoms with E-state index in [1.165, 1.54) is 0 Å². The lowest BCUT2D eigenvalue weighted by Crippen LogP contribution is -2.29. The molecular weight excluding hydrogens is 272 g/mol. The van der Waals surface area contributed by atoms with Crippen LogP contribution in [0, 0.1) is 6.92 Å². The zero-order valence-electron chi connectivity index (χ0n) is 11.6. The Bertz CT molecular complexity index is 595. The van der Waals surface area contributed by atoms with Gasteiger partial charge in [-0.15, -0.1) is 11.3 Å². The second kappa shape index (κ2) is 6.52. The average Bonchev–Trinajstić information content (AvgIpc) is 2.85. The Morgan fingerprint density at radius 2 is 2.20 bits per heavy atom. The first-order valence-electron chi connectivity index (χ1n) is 6.58. The van der Waals surface area contributed by atoms with Crippen molar-refractivity contribution in [3.63, 3.8) is 0 Å². The molecule has 1 aromatic carbocycles. The van der Waals surface area contributed by atoms with Crippen molar-refractivity contribution >= 4 is 17.2 Å². The third kappa shape index (κ3) is 3.57. The largest absolute Gasteiger partial charge is 0.508 e. The van der Waals surface area contributed by atoms with Gasteiger partial charge in [-0.05, 0) is 19.4 Å². The molecule has 20 heavy (non-hydrogen) atoms. The first-order chi connectivity index (χ1) is 9.60. The SMILES string of the molecule is CCC(NC(=O)Cc1ccccc1O)c1ncc(C)s1. The topological polar surface area (TPSA) is 62.2 Å². The van der Waals surface area contributed by atoms with Crippen molar-refractivity contribution in [1.82, 2.24) is 10.3 Å². The van der Waals surface area contributed by atoms with Crippen molar-refractivity contribution in [2.75, 3.05) is 0 Å². The van der Waals surface area contributed by atoms with Crippen molar-refractivity contribution in [3.05, 3.63) is 45.9 Å². The molecule has 2 rings (SSSR count). The molecule has 1 amide bonds. The van der Waals surface area contributed by atoms with E-state index in [0.717, 1.165) is 16.3 Å². The highest BCUT2D eigenvalue weighted by Gasteiger charge is 2.16. The zero-order valence-corrected chi connectivity index (χ0v) is 12.4. The fourth-order valence-electron chi connectivity index (χ4n) is 1.95. The molecule has 0 radical (unpaired) electrons. The Kier molecular flexibility index (Phi) is 4.74. The summed E-state index contributed by atoms with van der Waals surface area (Å²) in [5.41, 5.74) is 0.634. The second-order valence-corrected chi connectivity index (χ2v) is 5.91. The summed E-state index contributed by atoms with van der Waals surface area (Å²) in [7, 11) is 0. The minimum absolute atomic E-state index is 0.0629. The van der Waals surface area contributed by atoms with E-state index in [1.54, 1.807) is 29.5 Å². The number of hydrogen-bond donors (Lipinski definition) is 2. The number of thiazole rings is 1. The van der Waals surface area contributed by atoms with Crippen LogP contribution in [0.15, 0.2) is 30.5 Å². The van der Waals surface area contributed by atoms with E-state index in [1.807, 2.05) is 26.1 Å². The number of hydrogen-bond acceptors (Lipinski definition) is 4. The molecule has 5 heteroatoms. The fraction of sp³-hybridized carbons (Fsp3) is 0.333. The normalized spacial score (nSPS) is 12.1. The summed E-state index contributed by atoms with van der Waals surface area (Å²) in [5, 5.41) is 13.6. The molecule has 0 aliphatic rings. The van der Waals surface area contributed by atoms with Crippen molar-refractivity contribution < 1.29 is 9.90 Å². The van der Waals surface area contributed by atoms with Gasteiger partial charge in [-0.25, -0.2) is 4.98 Å². The van der Waals surface area contributed by atoms with E-state index >= 15 is 0 Å². The molecule has 0 aliphatic carbocycles. The highest BCUT2D eigenvalue weighted by atomic mass is 32.1. The number of nitrogens with one attached hydrogen (secondary N) is 1. The molecule has 1 heterocycles. The first-order valence-corrected chi connectivity index (χ1v) is 7.40. The summed E-state index contributed by atoms with van der Waals surface area (Å²) < 4.78 is 0. The van der Waals surface area contributed by atoms with Gasteiger partial charge in [-0.3, -0.25) is 4.79 Å². The second-order valence-electron chi connectivity index (χ2n) is 4.64. The number of aromatic nitrogens is 1. The number of carbonyl (C=O) groups is 1. The average molecular weight is 290 g/mol. The molecule has 0 saturated carbocycles. The summed E-state index contributed by atoms with van der Waals surface area (Å²) in [6, 6.07) is 6.83. The molecule has 1 unspecified atom stereocenters. The van der Waals surface area contributed by atoms with Crippen LogP contribution < -0.4 is 5.32 Å². The molecule has 2 N–H and O–H groups in total. The van der Waals surface area contributed by atoms with Gasteiger partial charge in [0, 0.05) is 16.6 Å². The Hall–Kier alpha value is -1.88. The Morgan fingerprint density at radius 1 is 1.45 bits per heavy atom. The predicted molar refractivity (Wildman–Crippen MR) is 79.8 cm³/mol. The number of aryl methyl sites for hydroxylation is 1. The summed E-state index contributed by atoms with van der Waals surface area (Å²) >= 11 is 1.60. The fourth-order valence-corrected chi connectivity index (χ4v) is 2.86. The van der Waals surface area contributed by atoms with Gasteiger partial charge in [0.05, 0.1) is 12.5 Å². The number of rotatable bonds is 5. The van der Waals surface area contributed by atoms with E-state index in [4.69, 9.17) is 0 Å². The van der Waals surface area contributed by atoms with Gasteiger partial charge in [0.25, 0.3) is 0 Å². The number of amides is 1. The molecule has 0 aliphatic heterocycles. The summed E-state index contributed by atoms with van der Waals surface area (Å²) in [6.07, 6.45) is 2.78. The van der Waals surface area contributed by atoms with Crippen molar-refractivity contribution in [2.24, 2.45) is 0 Å². The van der Waals surface area contributed by atoms with Gasteiger partial charge < -0.3 is 10.4 Å². The highest BCUT2D eigenvalue weighted by molar-refractivity contribution is 7.11. The molecule has 1 atom stereocenters. The number of nitrogens with zero attached hydrogens (tertiary/aromatic N) is 1. The minimum atomic E-state index is -0.105. The number of phenolic OH excluding ortho intramolecular Hbond substituents is 1. The van der Waals surface area contributed by atoms with Gasteiger partial charge in [-0.2, -0.15) is 0 Å². The van der Waals surface area contributed by atoms with E-state index in [9.17, 15) is 9.90 Å². The van der Waals surface area contributed by atoms with Crippen molar-refractivity contribution in [3.8, 4) is 5.75 Å². The molecule has 0 bridgehead atoms. The first kappa shape index (κ1) is 14.5. The van der Waals surface area contributed by atoms with Crippen LogP contribution in [-0.4, -0.2) is 16.0 Å². The zero-order chi connectivity index (χ0) is 14.5. The van der Waals surface area contributed by atoms with E-state index < -0.39 is 0 Å². The smallest absolute Gasteiger partial charge is 0.225 e. The van der Waals surface area contributed by atoms with Crippen LogP contribution in [0.25, 0.3) is 0 Å². The molecule has 106 valence electrons. The highest BCUT2D eigenvalue weighted by Crippen LogP contribution is 2.22. The van der Waals surface area contributed by atoms with E-state index in [-0.39, 0.29) is 24.1 Å². The van der Waals surface area contributed by atoms with Gasteiger partial charge >= 0.3 is 0 Å². The van der Waals surface area contributed by atoms with Crippen LogP contribution in [0.1, 0.15) is 34.8 Å². The summed E-state index contributed by atoms with van der Waals surface area (Å²) in [6.45, 7) is 4.01. The molecule has 0 spiro atoms. The molecule has 0 saturated heterocycles. The summed E-state index contributed by atoms with van der Waals surface area (Å²) in [4.78, 5) is 17.5. The Labute approximate surface area is 122 Å². The van der Waals surface area contributed by atoms with Crippen LogP contribution in [0.2, 0.25) is 0 Å². The van der Waals surface area contributed by atoms with Gasteiger partial charge in [0.1, 0.15) is 10.8 Å². The Morgan fingerprint density at radius 3 is 2.80 bits per heavy atom. The number of aromatic hydroxyl groups is 1. The van der Waals surface area contributed by atoms with Crippen LogP contribution >= 0.6 is 11.3 Å². The van der Waals surface area contributed by atoms with E-state index in [2.05, 4.69) is 10.3 Å². The predicted octanol–water partition coefficient (Wildman–Crippen LogP) is 2.97. The molecular formula is C15H18N2O2S. The molecule has 0 fully saturated rings. The maximum absolute atomic E-state index is 12.1. The third-order valence-electron chi connectivity index (χ3n) is 3.02. The maximum Gasteiger partial charge on any atom is 0.225 e. The quantitative estimate of drug-likeness (QED) is 0.890. The van der Waals surface area contributed by atoms with Gasteiger partial charge in [0.2, 0.25) is 5.91 Å². The monoisotopic (exact) mass is 290 g/mol. The van der Waals surface area contributed by atoms with Crippen LogP contribution in [0.5, 0.6) is 5.75 Å².